The van der Waals surface area contributed by atoms with E-state index in [1.54, 1.807) is 30.5 Å². The van der Waals surface area contributed by atoms with E-state index in [1.807, 2.05) is 18.2 Å². The number of nitrogens with zero attached hydrogens (tertiary/aromatic N) is 2. The van der Waals surface area contributed by atoms with Gasteiger partial charge in [-0.25, -0.2) is 4.98 Å². The van der Waals surface area contributed by atoms with Crippen molar-refractivity contribution in [3.8, 4) is 6.07 Å². The minimum absolute atomic E-state index is 0.349. The van der Waals surface area contributed by atoms with Gasteiger partial charge in [0.05, 0.1) is 0 Å². The van der Waals surface area contributed by atoms with Gasteiger partial charge in [-0.05, 0) is 30.3 Å². The summed E-state index contributed by atoms with van der Waals surface area (Å²) in [6, 6.07) is 12.7. The molecule has 2 N–H and O–H groups in total. The number of rotatable bonds is 4. The third-order valence-corrected chi connectivity index (χ3v) is 2.25. The quantitative estimate of drug-likeness (QED) is 0.801. The Morgan fingerprint density at radius 3 is 2.72 bits per heavy atom. The summed E-state index contributed by atoms with van der Waals surface area (Å²) in [5, 5.41) is 14.5. The first-order valence-electron chi connectivity index (χ1n) is 5.25. The van der Waals surface area contributed by atoms with E-state index < -0.39 is 0 Å². The molecule has 0 radical (unpaired) electrons. The molecule has 0 aliphatic carbocycles. The van der Waals surface area contributed by atoms with Crippen LogP contribution in [0.4, 0.5) is 17.1 Å². The molecule has 1 amide bonds. The predicted molar refractivity (Wildman–Crippen MR) is 68.4 cm³/mol. The monoisotopic (exact) mass is 238 g/mol. The van der Waals surface area contributed by atoms with Crippen LogP contribution in [-0.4, -0.2) is 11.4 Å². The molecule has 0 atom stereocenters. The SMILES string of the molecule is N#Cc1cc(Nc2cccc(NC=O)c2)ccn1. The summed E-state index contributed by atoms with van der Waals surface area (Å²) < 4.78 is 0. The second-order valence-electron chi connectivity index (χ2n) is 3.51. The van der Waals surface area contributed by atoms with E-state index in [9.17, 15) is 4.79 Å². The smallest absolute Gasteiger partial charge is 0.211 e. The van der Waals surface area contributed by atoms with Crippen molar-refractivity contribution in [3.05, 3.63) is 48.3 Å². The Kier molecular flexibility index (Phi) is 3.52. The van der Waals surface area contributed by atoms with E-state index in [4.69, 9.17) is 5.26 Å². The normalized spacial score (nSPS) is 9.28. The van der Waals surface area contributed by atoms with Gasteiger partial charge in [0.1, 0.15) is 11.8 Å². The number of hydrogen-bond donors (Lipinski definition) is 2. The average Bonchev–Trinajstić information content (AvgIpc) is 2.40. The second kappa shape index (κ2) is 5.46. The first-order chi connectivity index (χ1) is 8.81. The van der Waals surface area contributed by atoms with Crippen molar-refractivity contribution >= 4 is 23.5 Å². The zero-order chi connectivity index (χ0) is 12.8. The van der Waals surface area contributed by atoms with Crippen LogP contribution in [0.5, 0.6) is 0 Å². The molecule has 0 fully saturated rings. The highest BCUT2D eigenvalue weighted by atomic mass is 16.1. The van der Waals surface area contributed by atoms with Crippen LogP contribution in [-0.2, 0) is 4.79 Å². The molecule has 0 saturated heterocycles. The fourth-order valence-corrected chi connectivity index (χ4v) is 1.49. The van der Waals surface area contributed by atoms with Gasteiger partial charge in [0.2, 0.25) is 6.41 Å². The van der Waals surface area contributed by atoms with E-state index in [1.165, 1.54) is 0 Å². The van der Waals surface area contributed by atoms with Crippen LogP contribution in [0.15, 0.2) is 42.6 Å². The summed E-state index contributed by atoms with van der Waals surface area (Å²) in [5.41, 5.74) is 2.63. The number of carbonyl (C=O) groups is 1. The van der Waals surface area contributed by atoms with Gasteiger partial charge < -0.3 is 10.6 Å². The summed E-state index contributed by atoms with van der Waals surface area (Å²) in [6.45, 7) is 0. The number of nitrogens with one attached hydrogen (secondary N) is 2. The van der Waals surface area contributed by atoms with Gasteiger partial charge in [0.15, 0.2) is 0 Å². The Hall–Kier alpha value is -2.87. The summed E-state index contributed by atoms with van der Waals surface area (Å²) in [7, 11) is 0. The Balaban J connectivity index is 2.20. The average molecular weight is 238 g/mol. The van der Waals surface area contributed by atoms with Crippen LogP contribution >= 0.6 is 0 Å². The molecule has 0 bridgehead atoms. The number of aromatic nitrogens is 1. The molecule has 0 aliphatic rings. The molecular weight excluding hydrogens is 228 g/mol. The summed E-state index contributed by atoms with van der Waals surface area (Å²) in [6.07, 6.45) is 2.19. The van der Waals surface area contributed by atoms with Crippen molar-refractivity contribution in [1.82, 2.24) is 4.98 Å². The topological polar surface area (TPSA) is 77.8 Å². The molecule has 0 unspecified atom stereocenters. The maximum atomic E-state index is 10.4. The predicted octanol–water partition coefficient (Wildman–Crippen LogP) is 2.27. The highest BCUT2D eigenvalue weighted by Gasteiger charge is 1.98. The van der Waals surface area contributed by atoms with Gasteiger partial charge in [-0.15, -0.1) is 0 Å². The van der Waals surface area contributed by atoms with E-state index in [0.717, 1.165) is 11.4 Å². The number of anilines is 3. The Bertz CT molecular complexity index is 604. The second-order valence-corrected chi connectivity index (χ2v) is 3.51. The van der Waals surface area contributed by atoms with E-state index in [0.29, 0.717) is 17.8 Å². The fourth-order valence-electron chi connectivity index (χ4n) is 1.49. The maximum absolute atomic E-state index is 10.4. The molecule has 0 spiro atoms. The van der Waals surface area contributed by atoms with Crippen molar-refractivity contribution in [1.29, 1.82) is 5.26 Å². The molecular formula is C13H10N4O. The molecule has 88 valence electrons. The van der Waals surface area contributed by atoms with Gasteiger partial charge in [-0.3, -0.25) is 4.79 Å². The standard InChI is InChI=1S/C13H10N4O/c14-8-13-7-12(4-5-15-13)17-11-3-1-2-10(6-11)16-9-18/h1-7,9H,(H,15,17)(H,16,18). The van der Waals surface area contributed by atoms with Crippen LogP contribution in [0.1, 0.15) is 5.69 Å². The van der Waals surface area contributed by atoms with Gasteiger partial charge in [0, 0.05) is 23.3 Å². The van der Waals surface area contributed by atoms with Crippen molar-refractivity contribution in [2.45, 2.75) is 0 Å². The molecule has 2 rings (SSSR count). The first kappa shape index (κ1) is 11.6. The molecule has 0 aliphatic heterocycles. The number of carbonyl (C=O) groups excluding carboxylic acids is 1. The van der Waals surface area contributed by atoms with Crippen LogP contribution < -0.4 is 10.6 Å². The first-order valence-corrected chi connectivity index (χ1v) is 5.25. The fraction of sp³-hybridized carbons (Fsp3) is 0. The minimum atomic E-state index is 0.349. The third-order valence-electron chi connectivity index (χ3n) is 2.25. The lowest BCUT2D eigenvalue weighted by atomic mass is 10.2. The Labute approximate surface area is 104 Å². The Morgan fingerprint density at radius 2 is 1.94 bits per heavy atom. The van der Waals surface area contributed by atoms with Gasteiger partial charge in [-0.2, -0.15) is 5.26 Å². The van der Waals surface area contributed by atoms with Gasteiger partial charge in [0.25, 0.3) is 0 Å². The zero-order valence-corrected chi connectivity index (χ0v) is 9.42. The largest absolute Gasteiger partial charge is 0.355 e. The van der Waals surface area contributed by atoms with Crippen molar-refractivity contribution in [3.63, 3.8) is 0 Å². The molecule has 5 nitrogen and oxygen atoms in total. The molecule has 0 saturated carbocycles. The van der Waals surface area contributed by atoms with Crippen LogP contribution in [0, 0.1) is 11.3 Å². The molecule has 5 heteroatoms. The maximum Gasteiger partial charge on any atom is 0.211 e. The molecule has 1 heterocycles. The van der Waals surface area contributed by atoms with Crippen molar-refractivity contribution in [2.24, 2.45) is 0 Å². The van der Waals surface area contributed by atoms with Crippen molar-refractivity contribution < 1.29 is 4.79 Å². The van der Waals surface area contributed by atoms with Crippen LogP contribution in [0.3, 0.4) is 0 Å². The summed E-state index contributed by atoms with van der Waals surface area (Å²) in [5.74, 6) is 0. The lowest BCUT2D eigenvalue weighted by Crippen LogP contribution is -1.96. The minimum Gasteiger partial charge on any atom is -0.355 e. The van der Waals surface area contributed by atoms with Crippen molar-refractivity contribution in [2.75, 3.05) is 10.6 Å². The third kappa shape index (κ3) is 2.83. The number of benzene rings is 1. The molecule has 18 heavy (non-hydrogen) atoms. The highest BCUT2D eigenvalue weighted by molar-refractivity contribution is 5.74. The summed E-state index contributed by atoms with van der Waals surface area (Å²) >= 11 is 0. The lowest BCUT2D eigenvalue weighted by molar-refractivity contribution is -0.105. The van der Waals surface area contributed by atoms with E-state index in [-0.39, 0.29) is 0 Å². The Morgan fingerprint density at radius 1 is 1.17 bits per heavy atom. The zero-order valence-electron chi connectivity index (χ0n) is 9.42. The van der Waals surface area contributed by atoms with Gasteiger partial charge in [-0.1, -0.05) is 6.07 Å². The van der Waals surface area contributed by atoms with E-state index in [2.05, 4.69) is 15.6 Å². The van der Waals surface area contributed by atoms with E-state index >= 15 is 0 Å². The van der Waals surface area contributed by atoms with Gasteiger partial charge >= 0.3 is 0 Å². The number of hydrogen-bond acceptors (Lipinski definition) is 4. The molecule has 1 aromatic carbocycles. The molecule has 1 aromatic heterocycles. The highest BCUT2D eigenvalue weighted by Crippen LogP contribution is 2.19. The number of nitriles is 1. The van der Waals surface area contributed by atoms with Crippen LogP contribution in [0.25, 0.3) is 0 Å². The number of amides is 1. The summed E-state index contributed by atoms with van der Waals surface area (Å²) in [4.78, 5) is 14.2. The number of pyridine rings is 1. The molecule has 2 aromatic rings. The van der Waals surface area contributed by atoms with Crippen LogP contribution in [0.2, 0.25) is 0 Å². The lowest BCUT2D eigenvalue weighted by Gasteiger charge is -2.07.